The van der Waals surface area contributed by atoms with Crippen molar-refractivity contribution in [2.45, 2.75) is 6.42 Å². The molecule has 2 aromatic rings. The molecule has 3 N–H and O–H groups in total. The van der Waals surface area contributed by atoms with Crippen molar-refractivity contribution in [2.24, 2.45) is 11.7 Å². The summed E-state index contributed by atoms with van der Waals surface area (Å²) in [6, 6.07) is 12.3. The summed E-state index contributed by atoms with van der Waals surface area (Å²) in [5, 5.41) is 2.81. The van der Waals surface area contributed by atoms with Crippen LogP contribution < -0.4 is 20.5 Å². The highest BCUT2D eigenvalue weighted by Gasteiger charge is 2.26. The highest BCUT2D eigenvalue weighted by Crippen LogP contribution is 2.29. The van der Waals surface area contributed by atoms with Gasteiger partial charge in [-0.15, -0.1) is 0 Å². The van der Waals surface area contributed by atoms with E-state index in [2.05, 4.69) is 5.32 Å². The minimum absolute atomic E-state index is 0.190. The van der Waals surface area contributed by atoms with E-state index in [1.807, 2.05) is 24.3 Å². The Balaban J connectivity index is 1.78. The fourth-order valence-electron chi connectivity index (χ4n) is 2.69. The van der Waals surface area contributed by atoms with Crippen molar-refractivity contribution in [1.82, 2.24) is 0 Å². The number of benzene rings is 2. The normalized spacial score (nSPS) is 15.8. The van der Waals surface area contributed by atoms with Gasteiger partial charge in [0.1, 0.15) is 18.1 Å². The SMILES string of the molecule is COc1ccc(C(N)=O)cc1NC(=O)[C@H]1COc2ccccc2C1. The van der Waals surface area contributed by atoms with E-state index in [0.29, 0.717) is 30.0 Å². The second kappa shape index (κ2) is 6.62. The third kappa shape index (κ3) is 3.17. The standard InChI is InChI=1S/C18H18N2O4/c1-23-16-7-6-12(17(19)21)9-14(16)20-18(22)13-8-11-4-2-3-5-15(11)24-10-13/h2-7,9,13H,8,10H2,1H3,(H2,19,21)(H,20,22)/t13-/m1/s1. The number of anilines is 1. The van der Waals surface area contributed by atoms with Crippen LogP contribution in [0.3, 0.4) is 0 Å². The molecule has 0 saturated heterocycles. The molecule has 0 fully saturated rings. The number of nitrogens with one attached hydrogen (secondary N) is 1. The molecular weight excluding hydrogens is 308 g/mol. The van der Waals surface area contributed by atoms with Gasteiger partial charge in [-0.1, -0.05) is 18.2 Å². The van der Waals surface area contributed by atoms with Crippen LogP contribution in [0.15, 0.2) is 42.5 Å². The van der Waals surface area contributed by atoms with Crippen molar-refractivity contribution in [3.05, 3.63) is 53.6 Å². The molecule has 0 saturated carbocycles. The zero-order chi connectivity index (χ0) is 17.1. The predicted molar refractivity (Wildman–Crippen MR) is 89.3 cm³/mol. The number of carbonyl (C=O) groups excluding carboxylic acids is 2. The molecule has 0 aliphatic carbocycles. The van der Waals surface area contributed by atoms with Gasteiger partial charge < -0.3 is 20.5 Å². The fraction of sp³-hybridized carbons (Fsp3) is 0.222. The van der Waals surface area contributed by atoms with Crippen LogP contribution in [0.2, 0.25) is 0 Å². The van der Waals surface area contributed by atoms with E-state index in [1.165, 1.54) is 13.2 Å². The van der Waals surface area contributed by atoms with Gasteiger partial charge in [-0.05, 0) is 36.2 Å². The number of nitrogens with two attached hydrogens (primary N) is 1. The molecule has 1 aliphatic heterocycles. The smallest absolute Gasteiger partial charge is 0.248 e. The summed E-state index contributed by atoms with van der Waals surface area (Å²) in [7, 11) is 1.49. The van der Waals surface area contributed by atoms with Gasteiger partial charge in [0.05, 0.1) is 18.7 Å². The summed E-state index contributed by atoms with van der Waals surface area (Å²) in [6.45, 7) is 0.306. The molecule has 0 spiro atoms. The number of hydrogen-bond acceptors (Lipinski definition) is 4. The third-order valence-corrected chi connectivity index (χ3v) is 3.99. The van der Waals surface area contributed by atoms with Crippen molar-refractivity contribution >= 4 is 17.5 Å². The van der Waals surface area contributed by atoms with Crippen molar-refractivity contribution in [3.63, 3.8) is 0 Å². The molecule has 6 heteroatoms. The van der Waals surface area contributed by atoms with Crippen LogP contribution in [0.4, 0.5) is 5.69 Å². The quantitative estimate of drug-likeness (QED) is 0.899. The Hall–Kier alpha value is -3.02. The summed E-state index contributed by atoms with van der Waals surface area (Å²) in [4.78, 5) is 23.9. The Kier molecular flexibility index (Phi) is 4.37. The number of fused-ring (bicyclic) bond motifs is 1. The summed E-state index contributed by atoms with van der Waals surface area (Å²) in [6.07, 6.45) is 0.597. The summed E-state index contributed by atoms with van der Waals surface area (Å²) in [5.41, 5.74) is 7.01. The van der Waals surface area contributed by atoms with Gasteiger partial charge in [-0.3, -0.25) is 9.59 Å². The number of hydrogen-bond donors (Lipinski definition) is 2. The lowest BCUT2D eigenvalue weighted by Gasteiger charge is -2.24. The number of amides is 2. The predicted octanol–water partition coefficient (Wildman–Crippen LogP) is 1.98. The van der Waals surface area contributed by atoms with Gasteiger partial charge in [0, 0.05) is 5.56 Å². The largest absolute Gasteiger partial charge is 0.495 e. The molecule has 0 aromatic heterocycles. The van der Waals surface area contributed by atoms with Crippen molar-refractivity contribution in [1.29, 1.82) is 0 Å². The molecule has 0 radical (unpaired) electrons. The van der Waals surface area contributed by atoms with Crippen LogP contribution in [0.25, 0.3) is 0 Å². The number of rotatable bonds is 4. The van der Waals surface area contributed by atoms with Gasteiger partial charge in [-0.2, -0.15) is 0 Å². The Bertz CT molecular complexity index is 788. The average Bonchev–Trinajstić information content (AvgIpc) is 2.61. The van der Waals surface area contributed by atoms with Gasteiger partial charge in [-0.25, -0.2) is 0 Å². The van der Waals surface area contributed by atoms with Crippen molar-refractivity contribution in [3.8, 4) is 11.5 Å². The maximum atomic E-state index is 12.6. The van der Waals surface area contributed by atoms with E-state index in [0.717, 1.165) is 11.3 Å². The van der Waals surface area contributed by atoms with Gasteiger partial charge in [0.2, 0.25) is 11.8 Å². The van der Waals surface area contributed by atoms with E-state index < -0.39 is 5.91 Å². The van der Waals surface area contributed by atoms with Gasteiger partial charge >= 0.3 is 0 Å². The maximum absolute atomic E-state index is 12.6. The first-order chi connectivity index (χ1) is 11.6. The van der Waals surface area contributed by atoms with E-state index in [4.69, 9.17) is 15.2 Å². The minimum atomic E-state index is -0.567. The monoisotopic (exact) mass is 326 g/mol. The first-order valence-electron chi connectivity index (χ1n) is 7.58. The van der Waals surface area contributed by atoms with Crippen LogP contribution in [-0.2, 0) is 11.2 Å². The zero-order valence-electron chi connectivity index (χ0n) is 13.2. The minimum Gasteiger partial charge on any atom is -0.495 e. The van der Waals surface area contributed by atoms with E-state index in [1.54, 1.807) is 12.1 Å². The first-order valence-corrected chi connectivity index (χ1v) is 7.58. The zero-order valence-corrected chi connectivity index (χ0v) is 13.2. The number of primary amides is 1. The molecule has 1 heterocycles. The van der Waals surface area contributed by atoms with Crippen LogP contribution in [0.5, 0.6) is 11.5 Å². The average molecular weight is 326 g/mol. The molecule has 2 aromatic carbocycles. The molecule has 0 unspecified atom stereocenters. The van der Waals surface area contributed by atoms with Crippen LogP contribution in [0.1, 0.15) is 15.9 Å². The Labute approximate surface area is 139 Å². The molecule has 0 bridgehead atoms. The molecule has 1 aliphatic rings. The topological polar surface area (TPSA) is 90.6 Å². The lowest BCUT2D eigenvalue weighted by molar-refractivity contribution is -0.121. The fourth-order valence-corrected chi connectivity index (χ4v) is 2.69. The Morgan fingerprint density at radius 3 is 2.79 bits per heavy atom. The summed E-state index contributed by atoms with van der Waals surface area (Å²) < 4.78 is 10.9. The maximum Gasteiger partial charge on any atom is 0.248 e. The lowest BCUT2D eigenvalue weighted by atomic mass is 9.96. The molecule has 1 atom stereocenters. The highest BCUT2D eigenvalue weighted by molar-refractivity contribution is 5.98. The highest BCUT2D eigenvalue weighted by atomic mass is 16.5. The van der Waals surface area contributed by atoms with Crippen molar-refractivity contribution < 1.29 is 19.1 Å². The second-order valence-electron chi connectivity index (χ2n) is 5.59. The van der Waals surface area contributed by atoms with Crippen LogP contribution in [-0.4, -0.2) is 25.5 Å². The van der Waals surface area contributed by atoms with Gasteiger partial charge in [0.15, 0.2) is 0 Å². The molecule has 124 valence electrons. The van der Waals surface area contributed by atoms with Crippen LogP contribution in [0, 0.1) is 5.92 Å². The molecular formula is C18H18N2O4. The number of methoxy groups -OCH3 is 1. The van der Waals surface area contributed by atoms with Gasteiger partial charge in [0.25, 0.3) is 0 Å². The van der Waals surface area contributed by atoms with E-state index >= 15 is 0 Å². The van der Waals surface area contributed by atoms with E-state index in [-0.39, 0.29) is 11.8 Å². The summed E-state index contributed by atoms with van der Waals surface area (Å²) >= 11 is 0. The van der Waals surface area contributed by atoms with Crippen LogP contribution >= 0.6 is 0 Å². The third-order valence-electron chi connectivity index (χ3n) is 3.99. The number of carbonyl (C=O) groups is 2. The lowest BCUT2D eigenvalue weighted by Crippen LogP contribution is -2.32. The molecule has 24 heavy (non-hydrogen) atoms. The Morgan fingerprint density at radius 2 is 2.04 bits per heavy atom. The van der Waals surface area contributed by atoms with Crippen molar-refractivity contribution in [2.75, 3.05) is 19.0 Å². The Morgan fingerprint density at radius 1 is 1.25 bits per heavy atom. The van der Waals surface area contributed by atoms with E-state index in [9.17, 15) is 9.59 Å². The molecule has 6 nitrogen and oxygen atoms in total. The molecule has 3 rings (SSSR count). The second-order valence-corrected chi connectivity index (χ2v) is 5.59. The summed E-state index contributed by atoms with van der Waals surface area (Å²) in [5.74, 6) is 0.203. The number of ether oxygens (including phenoxy) is 2. The molecule has 2 amide bonds. The number of para-hydroxylation sites is 1. The first kappa shape index (κ1) is 15.9.